The number of aromatic amines is 1. The van der Waals surface area contributed by atoms with Gasteiger partial charge in [0, 0.05) is 36.5 Å². The Balaban J connectivity index is 1.69. The molecule has 1 N–H and O–H groups in total. The van der Waals surface area contributed by atoms with Crippen LogP contribution in [0.1, 0.15) is 22.4 Å². The van der Waals surface area contributed by atoms with Crippen LogP contribution in [0.25, 0.3) is 16.9 Å². The number of hydrogen-bond donors (Lipinski definition) is 1. The Morgan fingerprint density at radius 2 is 1.84 bits per heavy atom. The first-order chi connectivity index (χ1) is 12.2. The molecule has 4 heterocycles. The largest absolute Gasteiger partial charge is 0.348 e. The van der Waals surface area contributed by atoms with Gasteiger partial charge in [0.1, 0.15) is 5.82 Å². The second-order valence-electron chi connectivity index (χ2n) is 6.56. The van der Waals surface area contributed by atoms with Crippen LogP contribution in [0.2, 0.25) is 0 Å². The molecule has 0 unspecified atom stereocenters. The highest BCUT2D eigenvalue weighted by molar-refractivity contribution is 5.68. The van der Waals surface area contributed by atoms with E-state index < -0.39 is 0 Å². The van der Waals surface area contributed by atoms with Crippen molar-refractivity contribution in [2.24, 2.45) is 0 Å². The van der Waals surface area contributed by atoms with E-state index in [-0.39, 0.29) is 0 Å². The van der Waals surface area contributed by atoms with Gasteiger partial charge in [-0.1, -0.05) is 24.3 Å². The molecular formula is C19H18N6. The van der Waals surface area contributed by atoms with Crippen LogP contribution < -0.4 is 4.90 Å². The van der Waals surface area contributed by atoms with Crippen LogP contribution in [-0.2, 0) is 13.1 Å². The fourth-order valence-electron chi connectivity index (χ4n) is 3.47. The molecule has 4 aromatic rings. The van der Waals surface area contributed by atoms with E-state index in [1.165, 1.54) is 11.1 Å². The van der Waals surface area contributed by atoms with E-state index in [1.54, 1.807) is 0 Å². The predicted molar refractivity (Wildman–Crippen MR) is 96.4 cm³/mol. The van der Waals surface area contributed by atoms with Crippen molar-refractivity contribution in [2.75, 3.05) is 4.90 Å². The molecule has 5 rings (SSSR count). The summed E-state index contributed by atoms with van der Waals surface area (Å²) in [6.45, 7) is 5.87. The van der Waals surface area contributed by atoms with E-state index in [2.05, 4.69) is 57.5 Å². The summed E-state index contributed by atoms with van der Waals surface area (Å²) in [6, 6.07) is 10.7. The molecule has 25 heavy (non-hydrogen) atoms. The standard InChI is InChI=1S/C19H18N6/c1-12-13(2)23-25-17(16-8-20-21-9-16)7-18(22-19(12)25)24-10-14-5-3-4-6-15(14)11-24/h3-9H,10-11H2,1-2H3,(H,20,21). The van der Waals surface area contributed by atoms with E-state index >= 15 is 0 Å². The molecule has 0 bridgehead atoms. The van der Waals surface area contributed by atoms with Crippen LogP contribution in [0.4, 0.5) is 5.82 Å². The molecular weight excluding hydrogens is 312 g/mol. The maximum absolute atomic E-state index is 4.93. The van der Waals surface area contributed by atoms with Crippen LogP contribution in [0.5, 0.6) is 0 Å². The van der Waals surface area contributed by atoms with Gasteiger partial charge in [-0.3, -0.25) is 5.10 Å². The monoisotopic (exact) mass is 330 g/mol. The molecule has 0 fully saturated rings. The zero-order valence-corrected chi connectivity index (χ0v) is 14.2. The fraction of sp³-hybridized carbons (Fsp3) is 0.211. The van der Waals surface area contributed by atoms with E-state index in [9.17, 15) is 0 Å². The lowest BCUT2D eigenvalue weighted by atomic mass is 10.1. The van der Waals surface area contributed by atoms with Crippen molar-refractivity contribution in [1.29, 1.82) is 0 Å². The Bertz CT molecular complexity index is 1050. The van der Waals surface area contributed by atoms with Gasteiger partial charge >= 0.3 is 0 Å². The Hall–Kier alpha value is -3.15. The number of nitrogens with zero attached hydrogens (tertiary/aromatic N) is 5. The normalized spacial score (nSPS) is 13.6. The van der Waals surface area contributed by atoms with Gasteiger partial charge in [-0.25, -0.2) is 9.50 Å². The van der Waals surface area contributed by atoms with Gasteiger partial charge in [0.2, 0.25) is 0 Å². The van der Waals surface area contributed by atoms with E-state index in [0.717, 1.165) is 47.1 Å². The molecule has 0 saturated carbocycles. The molecule has 0 spiro atoms. The van der Waals surface area contributed by atoms with Crippen LogP contribution in [-0.4, -0.2) is 24.8 Å². The zero-order chi connectivity index (χ0) is 17.0. The van der Waals surface area contributed by atoms with E-state index in [4.69, 9.17) is 4.98 Å². The Labute approximate surface area is 145 Å². The van der Waals surface area contributed by atoms with Crippen molar-refractivity contribution >= 4 is 11.5 Å². The molecule has 1 aliphatic heterocycles. The van der Waals surface area contributed by atoms with Gasteiger partial charge in [0.25, 0.3) is 0 Å². The Morgan fingerprint density at radius 3 is 2.52 bits per heavy atom. The molecule has 0 atom stereocenters. The van der Waals surface area contributed by atoms with Crippen LogP contribution in [0.3, 0.4) is 0 Å². The van der Waals surface area contributed by atoms with Crippen molar-refractivity contribution in [3.63, 3.8) is 0 Å². The first kappa shape index (κ1) is 14.2. The maximum atomic E-state index is 4.93. The molecule has 1 aromatic carbocycles. The summed E-state index contributed by atoms with van der Waals surface area (Å²) in [5.74, 6) is 0.975. The van der Waals surface area contributed by atoms with Crippen molar-refractivity contribution in [3.8, 4) is 11.3 Å². The highest BCUT2D eigenvalue weighted by atomic mass is 15.3. The number of anilines is 1. The lowest BCUT2D eigenvalue weighted by Crippen LogP contribution is -2.17. The maximum Gasteiger partial charge on any atom is 0.161 e. The summed E-state index contributed by atoms with van der Waals surface area (Å²) in [7, 11) is 0. The average molecular weight is 330 g/mol. The van der Waals surface area contributed by atoms with Crippen LogP contribution >= 0.6 is 0 Å². The summed E-state index contributed by atoms with van der Waals surface area (Å²) in [5.41, 5.74) is 7.77. The third-order valence-corrected chi connectivity index (χ3v) is 5.00. The second kappa shape index (κ2) is 5.17. The van der Waals surface area contributed by atoms with Gasteiger partial charge < -0.3 is 4.90 Å². The number of hydrogen-bond acceptors (Lipinski definition) is 4. The number of fused-ring (bicyclic) bond motifs is 2. The van der Waals surface area contributed by atoms with Crippen molar-refractivity contribution in [3.05, 3.63) is 65.1 Å². The molecule has 124 valence electrons. The highest BCUT2D eigenvalue weighted by Crippen LogP contribution is 2.31. The van der Waals surface area contributed by atoms with E-state index in [0.29, 0.717) is 0 Å². The van der Waals surface area contributed by atoms with Crippen LogP contribution in [0, 0.1) is 13.8 Å². The second-order valence-corrected chi connectivity index (χ2v) is 6.56. The van der Waals surface area contributed by atoms with E-state index in [1.807, 2.05) is 23.8 Å². The number of H-pyrrole nitrogens is 1. The fourth-order valence-corrected chi connectivity index (χ4v) is 3.47. The molecule has 6 nitrogen and oxygen atoms in total. The quantitative estimate of drug-likeness (QED) is 0.613. The summed E-state index contributed by atoms with van der Waals surface area (Å²) >= 11 is 0. The first-order valence-electron chi connectivity index (χ1n) is 8.38. The highest BCUT2D eigenvalue weighted by Gasteiger charge is 2.22. The molecule has 0 amide bonds. The minimum atomic E-state index is 0.885. The Kier molecular flexibility index (Phi) is 2.94. The minimum absolute atomic E-state index is 0.885. The number of rotatable bonds is 2. The van der Waals surface area contributed by atoms with Crippen molar-refractivity contribution < 1.29 is 0 Å². The lowest BCUT2D eigenvalue weighted by molar-refractivity contribution is 0.845. The SMILES string of the molecule is Cc1nn2c(-c3cn[nH]c3)cc(N3Cc4ccccc4C3)nc2c1C. The average Bonchev–Trinajstić information content (AvgIpc) is 3.34. The summed E-state index contributed by atoms with van der Waals surface area (Å²) in [5, 5.41) is 11.7. The first-order valence-corrected chi connectivity index (χ1v) is 8.38. The number of nitrogens with one attached hydrogen (secondary N) is 1. The molecule has 3 aromatic heterocycles. The summed E-state index contributed by atoms with van der Waals surface area (Å²) in [4.78, 5) is 7.24. The molecule has 0 saturated heterocycles. The van der Waals surface area contributed by atoms with Gasteiger partial charge in [0.05, 0.1) is 17.6 Å². The Morgan fingerprint density at radius 1 is 1.08 bits per heavy atom. The summed E-state index contributed by atoms with van der Waals surface area (Å²) in [6.07, 6.45) is 3.72. The third-order valence-electron chi connectivity index (χ3n) is 5.00. The van der Waals surface area contributed by atoms with Crippen LogP contribution in [0.15, 0.2) is 42.7 Å². The van der Waals surface area contributed by atoms with Crippen molar-refractivity contribution in [1.82, 2.24) is 24.8 Å². The number of aryl methyl sites for hydroxylation is 2. The van der Waals surface area contributed by atoms with Crippen molar-refractivity contribution in [2.45, 2.75) is 26.9 Å². The summed E-state index contributed by atoms with van der Waals surface area (Å²) < 4.78 is 1.92. The molecule has 6 heteroatoms. The lowest BCUT2D eigenvalue weighted by Gasteiger charge is -2.18. The smallest absolute Gasteiger partial charge is 0.161 e. The molecule has 0 aliphatic carbocycles. The minimum Gasteiger partial charge on any atom is -0.348 e. The predicted octanol–water partition coefficient (Wildman–Crippen LogP) is 3.26. The zero-order valence-electron chi connectivity index (χ0n) is 14.2. The third kappa shape index (κ3) is 2.14. The topological polar surface area (TPSA) is 62.1 Å². The van der Waals surface area contributed by atoms with Gasteiger partial charge in [-0.2, -0.15) is 10.2 Å². The molecule has 0 radical (unpaired) electrons. The van der Waals surface area contributed by atoms with Gasteiger partial charge in [-0.15, -0.1) is 0 Å². The number of benzene rings is 1. The van der Waals surface area contributed by atoms with Gasteiger partial charge in [-0.05, 0) is 25.0 Å². The molecule has 1 aliphatic rings. The van der Waals surface area contributed by atoms with Gasteiger partial charge in [0.15, 0.2) is 5.65 Å². The number of aromatic nitrogens is 5.